The highest BCUT2D eigenvalue weighted by atomic mass is 16.5. The second kappa shape index (κ2) is 8.63. The van der Waals surface area contributed by atoms with Gasteiger partial charge in [0.05, 0.1) is 6.61 Å². The summed E-state index contributed by atoms with van der Waals surface area (Å²) in [7, 11) is 0. The van der Waals surface area contributed by atoms with E-state index in [0.29, 0.717) is 0 Å². The summed E-state index contributed by atoms with van der Waals surface area (Å²) in [6.07, 6.45) is 6.59. The molecule has 0 saturated carbocycles. The Morgan fingerprint density at radius 2 is 1.86 bits per heavy atom. The molecule has 0 aliphatic rings. The predicted octanol–water partition coefficient (Wildman–Crippen LogP) is 4.30. The van der Waals surface area contributed by atoms with Crippen LogP contribution in [0.15, 0.2) is 30.5 Å². The number of nitrogens with zero attached hydrogens (tertiary/aromatic N) is 1. The Labute approximate surface area is 127 Å². The van der Waals surface area contributed by atoms with Crippen molar-refractivity contribution in [2.75, 3.05) is 13.2 Å². The normalized spacial score (nSPS) is 11.0. The Balaban J connectivity index is 2.14. The van der Waals surface area contributed by atoms with E-state index in [4.69, 9.17) is 4.74 Å². The van der Waals surface area contributed by atoms with E-state index >= 15 is 0 Å². The minimum atomic E-state index is 0.748. The van der Waals surface area contributed by atoms with E-state index in [9.17, 15) is 0 Å². The molecule has 0 bridgehead atoms. The van der Waals surface area contributed by atoms with Crippen molar-refractivity contribution in [2.24, 2.45) is 0 Å². The number of ether oxygens (including phenoxy) is 1. The molecule has 114 valence electrons. The van der Waals surface area contributed by atoms with Gasteiger partial charge in [0, 0.05) is 18.1 Å². The Morgan fingerprint density at radius 1 is 1.05 bits per heavy atom. The maximum Gasteiger partial charge on any atom is 0.221 e. The third kappa shape index (κ3) is 4.43. The summed E-state index contributed by atoms with van der Waals surface area (Å²) in [6, 6.07) is 8.37. The summed E-state index contributed by atoms with van der Waals surface area (Å²) in [5, 5.41) is 5.80. The van der Waals surface area contributed by atoms with E-state index in [1.165, 1.54) is 23.8 Å². The molecule has 3 heteroatoms. The smallest absolute Gasteiger partial charge is 0.221 e. The van der Waals surface area contributed by atoms with Crippen molar-refractivity contribution in [1.29, 1.82) is 0 Å². The molecule has 0 spiro atoms. The zero-order valence-corrected chi connectivity index (χ0v) is 13.2. The van der Waals surface area contributed by atoms with Crippen molar-refractivity contribution in [3.05, 3.63) is 36.0 Å². The first kappa shape index (κ1) is 15.8. The van der Waals surface area contributed by atoms with Crippen LogP contribution in [0.1, 0.15) is 45.1 Å². The van der Waals surface area contributed by atoms with Gasteiger partial charge in [-0.1, -0.05) is 44.9 Å². The lowest BCUT2D eigenvalue weighted by Crippen LogP contribution is -2.14. The standard InChI is InChI=1S/C18H26N2O/c1-3-5-8-12-21-18-17-10-7-6-9-16(17)15(14-20-18)13-19-11-4-2/h6-7,9-10,14,19H,3-5,8,11-13H2,1-2H3. The van der Waals surface area contributed by atoms with Crippen LogP contribution in [0.4, 0.5) is 0 Å². The topological polar surface area (TPSA) is 34.1 Å². The van der Waals surface area contributed by atoms with Crippen LogP contribution in [-0.2, 0) is 6.54 Å². The number of hydrogen-bond acceptors (Lipinski definition) is 3. The Kier molecular flexibility index (Phi) is 6.48. The predicted molar refractivity (Wildman–Crippen MR) is 88.8 cm³/mol. The van der Waals surface area contributed by atoms with Crippen molar-refractivity contribution in [3.63, 3.8) is 0 Å². The molecule has 2 rings (SSSR count). The third-order valence-electron chi connectivity index (χ3n) is 3.57. The highest BCUT2D eigenvalue weighted by Crippen LogP contribution is 2.26. The highest BCUT2D eigenvalue weighted by Gasteiger charge is 2.07. The number of hydrogen-bond donors (Lipinski definition) is 1. The van der Waals surface area contributed by atoms with Crippen LogP contribution in [0, 0.1) is 0 Å². The molecule has 0 aliphatic heterocycles. The Hall–Kier alpha value is -1.61. The number of pyridine rings is 1. The van der Waals surface area contributed by atoms with E-state index in [1.807, 2.05) is 12.3 Å². The molecule has 0 unspecified atom stereocenters. The van der Waals surface area contributed by atoms with Gasteiger partial charge in [0.2, 0.25) is 5.88 Å². The second-order valence-electron chi connectivity index (χ2n) is 5.37. The maximum absolute atomic E-state index is 5.87. The van der Waals surface area contributed by atoms with Crippen LogP contribution in [0.5, 0.6) is 5.88 Å². The molecule has 21 heavy (non-hydrogen) atoms. The first-order valence-electron chi connectivity index (χ1n) is 8.07. The summed E-state index contributed by atoms with van der Waals surface area (Å²) in [6.45, 7) is 7.02. The lowest BCUT2D eigenvalue weighted by molar-refractivity contribution is 0.298. The largest absolute Gasteiger partial charge is 0.477 e. The molecule has 0 fully saturated rings. The monoisotopic (exact) mass is 286 g/mol. The fourth-order valence-electron chi connectivity index (χ4n) is 2.40. The molecule has 0 radical (unpaired) electrons. The molecule has 0 aliphatic carbocycles. The third-order valence-corrected chi connectivity index (χ3v) is 3.57. The van der Waals surface area contributed by atoms with Crippen LogP contribution in [0.25, 0.3) is 10.8 Å². The quantitative estimate of drug-likeness (QED) is 0.698. The van der Waals surface area contributed by atoms with E-state index in [2.05, 4.69) is 42.3 Å². The molecule has 0 atom stereocenters. The highest BCUT2D eigenvalue weighted by molar-refractivity contribution is 5.89. The number of nitrogens with one attached hydrogen (secondary N) is 1. The minimum Gasteiger partial charge on any atom is -0.477 e. The van der Waals surface area contributed by atoms with Gasteiger partial charge in [-0.15, -0.1) is 0 Å². The van der Waals surface area contributed by atoms with Crippen LogP contribution >= 0.6 is 0 Å². The second-order valence-corrected chi connectivity index (χ2v) is 5.37. The van der Waals surface area contributed by atoms with Crippen molar-refractivity contribution in [3.8, 4) is 5.88 Å². The lowest BCUT2D eigenvalue weighted by atomic mass is 10.1. The molecule has 1 aromatic heterocycles. The summed E-state index contributed by atoms with van der Waals surface area (Å²) in [5.74, 6) is 0.765. The minimum absolute atomic E-state index is 0.748. The van der Waals surface area contributed by atoms with Crippen LogP contribution in [-0.4, -0.2) is 18.1 Å². The molecular formula is C18H26N2O. The summed E-state index contributed by atoms with van der Waals surface area (Å²) in [4.78, 5) is 4.52. The van der Waals surface area contributed by atoms with Crippen molar-refractivity contribution < 1.29 is 4.74 Å². The van der Waals surface area contributed by atoms with E-state index in [0.717, 1.165) is 43.8 Å². The molecule has 3 nitrogen and oxygen atoms in total. The van der Waals surface area contributed by atoms with Gasteiger partial charge in [-0.25, -0.2) is 4.98 Å². The van der Waals surface area contributed by atoms with Gasteiger partial charge in [-0.05, 0) is 36.4 Å². The Bertz CT molecular complexity index is 554. The van der Waals surface area contributed by atoms with E-state index < -0.39 is 0 Å². The first-order valence-corrected chi connectivity index (χ1v) is 8.07. The maximum atomic E-state index is 5.87. The van der Waals surface area contributed by atoms with Crippen LogP contribution in [0.2, 0.25) is 0 Å². The van der Waals surface area contributed by atoms with E-state index in [-0.39, 0.29) is 0 Å². The van der Waals surface area contributed by atoms with Gasteiger partial charge >= 0.3 is 0 Å². The molecule has 0 amide bonds. The van der Waals surface area contributed by atoms with Gasteiger partial charge in [0.15, 0.2) is 0 Å². The van der Waals surface area contributed by atoms with E-state index in [1.54, 1.807) is 0 Å². The van der Waals surface area contributed by atoms with Gasteiger partial charge in [-0.3, -0.25) is 0 Å². The van der Waals surface area contributed by atoms with Gasteiger partial charge < -0.3 is 10.1 Å². The van der Waals surface area contributed by atoms with Gasteiger partial charge in [-0.2, -0.15) is 0 Å². The fourth-order valence-corrected chi connectivity index (χ4v) is 2.40. The molecule has 2 aromatic rings. The summed E-state index contributed by atoms with van der Waals surface area (Å²) < 4.78 is 5.87. The fraction of sp³-hybridized carbons (Fsp3) is 0.500. The van der Waals surface area contributed by atoms with Crippen molar-refractivity contribution in [2.45, 2.75) is 46.1 Å². The molecular weight excluding hydrogens is 260 g/mol. The lowest BCUT2D eigenvalue weighted by Gasteiger charge is -2.12. The number of unbranched alkanes of at least 4 members (excludes halogenated alkanes) is 2. The summed E-state index contributed by atoms with van der Waals surface area (Å²) >= 11 is 0. The van der Waals surface area contributed by atoms with Crippen molar-refractivity contribution >= 4 is 10.8 Å². The molecule has 1 N–H and O–H groups in total. The van der Waals surface area contributed by atoms with Crippen molar-refractivity contribution in [1.82, 2.24) is 10.3 Å². The molecule has 1 heterocycles. The summed E-state index contributed by atoms with van der Waals surface area (Å²) in [5.41, 5.74) is 1.24. The average Bonchev–Trinajstić information content (AvgIpc) is 2.53. The SMILES string of the molecule is CCCCCOc1ncc(CNCCC)c2ccccc12. The van der Waals surface area contributed by atoms with Crippen LogP contribution in [0.3, 0.4) is 0 Å². The number of rotatable bonds is 9. The average molecular weight is 286 g/mol. The number of aromatic nitrogens is 1. The molecule has 1 aromatic carbocycles. The Morgan fingerprint density at radius 3 is 2.62 bits per heavy atom. The zero-order valence-electron chi connectivity index (χ0n) is 13.2. The number of benzene rings is 1. The zero-order chi connectivity index (χ0) is 14.9. The van der Waals surface area contributed by atoms with Crippen LogP contribution < -0.4 is 10.1 Å². The van der Waals surface area contributed by atoms with Gasteiger partial charge in [0.25, 0.3) is 0 Å². The first-order chi connectivity index (χ1) is 10.4. The van der Waals surface area contributed by atoms with Gasteiger partial charge in [0.1, 0.15) is 0 Å². The number of fused-ring (bicyclic) bond motifs is 1. The molecule has 0 saturated heterocycles.